The molecule has 136 valence electrons. The van der Waals surface area contributed by atoms with Gasteiger partial charge in [-0.25, -0.2) is 19.8 Å². The molecular weight excluding hydrogens is 330 g/mol. The number of hydrogen-bond donors (Lipinski definition) is 1. The topological polar surface area (TPSA) is 78.4 Å². The molecule has 3 rings (SSSR count). The fourth-order valence-corrected chi connectivity index (χ4v) is 2.89. The number of amides is 3. The predicted molar refractivity (Wildman–Crippen MR) is 97.6 cm³/mol. The normalized spacial score (nSPS) is 14.0. The molecule has 1 aromatic carbocycles. The van der Waals surface area contributed by atoms with Crippen molar-refractivity contribution in [3.05, 3.63) is 48.4 Å². The molecule has 0 spiro atoms. The summed E-state index contributed by atoms with van der Waals surface area (Å²) in [6.07, 6.45) is 5.45. The summed E-state index contributed by atoms with van der Waals surface area (Å²) < 4.78 is 0. The standard InChI is InChI=1S/C19H23N5O2/c1-2-3-7-18(25)22-24-11-10-23(19(24)26)13-15-5-4-6-16(12-15)17-8-9-20-14-21-17/h4-6,8-9,12,14H,2-3,7,10-11,13H2,1H3,(H,22,25). The van der Waals surface area contributed by atoms with Crippen LogP contribution in [-0.2, 0) is 11.3 Å². The van der Waals surface area contributed by atoms with E-state index in [0.29, 0.717) is 26.1 Å². The monoisotopic (exact) mass is 353 g/mol. The number of hydrogen-bond acceptors (Lipinski definition) is 4. The van der Waals surface area contributed by atoms with Gasteiger partial charge in [0.2, 0.25) is 5.91 Å². The molecule has 1 saturated heterocycles. The highest BCUT2D eigenvalue weighted by Crippen LogP contribution is 2.19. The van der Waals surface area contributed by atoms with Gasteiger partial charge >= 0.3 is 6.03 Å². The molecule has 1 aliphatic rings. The van der Waals surface area contributed by atoms with Crippen molar-refractivity contribution in [1.82, 2.24) is 25.3 Å². The number of aromatic nitrogens is 2. The zero-order chi connectivity index (χ0) is 18.4. The summed E-state index contributed by atoms with van der Waals surface area (Å²) in [5, 5.41) is 1.41. The Labute approximate surface area is 153 Å². The van der Waals surface area contributed by atoms with E-state index in [1.165, 1.54) is 11.3 Å². The Morgan fingerprint density at radius 1 is 1.27 bits per heavy atom. The Morgan fingerprint density at radius 2 is 2.15 bits per heavy atom. The Bertz CT molecular complexity index is 766. The van der Waals surface area contributed by atoms with E-state index in [0.717, 1.165) is 29.7 Å². The molecule has 1 aromatic heterocycles. The van der Waals surface area contributed by atoms with Crippen LogP contribution in [-0.4, -0.2) is 44.9 Å². The lowest BCUT2D eigenvalue weighted by molar-refractivity contribution is -0.124. The molecule has 2 heterocycles. The lowest BCUT2D eigenvalue weighted by atomic mass is 10.1. The summed E-state index contributed by atoms with van der Waals surface area (Å²) in [5.74, 6) is -0.104. The Kier molecular flexibility index (Phi) is 5.78. The lowest BCUT2D eigenvalue weighted by Crippen LogP contribution is -2.44. The maximum atomic E-state index is 12.5. The Morgan fingerprint density at radius 3 is 2.92 bits per heavy atom. The van der Waals surface area contributed by atoms with Crippen LogP contribution in [0.25, 0.3) is 11.3 Å². The van der Waals surface area contributed by atoms with Crippen molar-refractivity contribution in [3.63, 3.8) is 0 Å². The lowest BCUT2D eigenvalue weighted by Gasteiger charge is -2.19. The van der Waals surface area contributed by atoms with E-state index in [2.05, 4.69) is 15.4 Å². The third-order valence-electron chi connectivity index (χ3n) is 4.29. The van der Waals surface area contributed by atoms with Gasteiger partial charge < -0.3 is 4.90 Å². The van der Waals surface area contributed by atoms with Crippen LogP contribution in [0.4, 0.5) is 4.79 Å². The molecule has 0 atom stereocenters. The molecule has 2 aromatic rings. The molecule has 0 saturated carbocycles. The van der Waals surface area contributed by atoms with Gasteiger partial charge in [-0.2, -0.15) is 0 Å². The van der Waals surface area contributed by atoms with Gasteiger partial charge in [0, 0.05) is 31.3 Å². The van der Waals surface area contributed by atoms with E-state index in [-0.39, 0.29) is 11.9 Å². The van der Waals surface area contributed by atoms with Gasteiger partial charge in [-0.15, -0.1) is 0 Å². The highest BCUT2D eigenvalue weighted by Gasteiger charge is 2.29. The minimum Gasteiger partial charge on any atom is -0.317 e. The third kappa shape index (κ3) is 4.36. The zero-order valence-corrected chi connectivity index (χ0v) is 14.9. The summed E-state index contributed by atoms with van der Waals surface area (Å²) in [7, 11) is 0. The Balaban J connectivity index is 1.61. The second-order valence-electron chi connectivity index (χ2n) is 6.29. The number of benzene rings is 1. The van der Waals surface area contributed by atoms with Crippen LogP contribution in [0.5, 0.6) is 0 Å². The van der Waals surface area contributed by atoms with E-state index in [4.69, 9.17) is 0 Å². The molecule has 7 heteroatoms. The number of rotatable bonds is 7. The molecule has 1 aliphatic heterocycles. The summed E-state index contributed by atoms with van der Waals surface area (Å²) in [4.78, 5) is 34.3. The van der Waals surface area contributed by atoms with Crippen molar-refractivity contribution >= 4 is 11.9 Å². The second-order valence-corrected chi connectivity index (χ2v) is 6.29. The summed E-state index contributed by atoms with van der Waals surface area (Å²) in [5.41, 5.74) is 5.56. The van der Waals surface area contributed by atoms with E-state index in [1.54, 1.807) is 11.1 Å². The van der Waals surface area contributed by atoms with E-state index < -0.39 is 0 Å². The number of carbonyl (C=O) groups is 2. The quantitative estimate of drug-likeness (QED) is 0.830. The first kappa shape index (κ1) is 17.8. The molecule has 7 nitrogen and oxygen atoms in total. The van der Waals surface area contributed by atoms with Gasteiger partial charge in [-0.05, 0) is 24.1 Å². The van der Waals surface area contributed by atoms with Crippen molar-refractivity contribution < 1.29 is 9.59 Å². The van der Waals surface area contributed by atoms with Crippen LogP contribution in [0.1, 0.15) is 31.7 Å². The maximum absolute atomic E-state index is 12.5. The number of hydrazine groups is 1. The summed E-state index contributed by atoms with van der Waals surface area (Å²) in [6.45, 7) is 3.62. The smallest absolute Gasteiger partial charge is 0.317 e. The Hall–Kier alpha value is -2.96. The zero-order valence-electron chi connectivity index (χ0n) is 14.9. The van der Waals surface area contributed by atoms with E-state index in [1.807, 2.05) is 37.3 Å². The number of nitrogens with zero attached hydrogens (tertiary/aromatic N) is 4. The first-order valence-electron chi connectivity index (χ1n) is 8.88. The SMILES string of the molecule is CCCCC(=O)NN1CCN(Cc2cccc(-c3ccncn3)c2)C1=O. The fraction of sp³-hybridized carbons (Fsp3) is 0.368. The van der Waals surface area contributed by atoms with Gasteiger partial charge in [-0.3, -0.25) is 10.2 Å². The van der Waals surface area contributed by atoms with E-state index >= 15 is 0 Å². The minimum atomic E-state index is -0.165. The van der Waals surface area contributed by atoms with Gasteiger partial charge in [0.25, 0.3) is 0 Å². The van der Waals surface area contributed by atoms with Crippen molar-refractivity contribution in [2.24, 2.45) is 0 Å². The van der Waals surface area contributed by atoms with Crippen molar-refractivity contribution in [3.8, 4) is 11.3 Å². The predicted octanol–water partition coefficient (Wildman–Crippen LogP) is 2.60. The molecule has 3 amide bonds. The molecule has 0 radical (unpaired) electrons. The average molecular weight is 353 g/mol. The van der Waals surface area contributed by atoms with Crippen molar-refractivity contribution in [2.75, 3.05) is 13.1 Å². The van der Waals surface area contributed by atoms with Crippen LogP contribution in [0, 0.1) is 0 Å². The van der Waals surface area contributed by atoms with Crippen LogP contribution >= 0.6 is 0 Å². The van der Waals surface area contributed by atoms with Crippen LogP contribution in [0.15, 0.2) is 42.9 Å². The molecule has 0 aliphatic carbocycles. The number of urea groups is 1. The fourth-order valence-electron chi connectivity index (χ4n) is 2.89. The largest absolute Gasteiger partial charge is 0.339 e. The van der Waals surface area contributed by atoms with E-state index in [9.17, 15) is 9.59 Å². The molecule has 0 unspecified atom stereocenters. The maximum Gasteiger partial charge on any atom is 0.339 e. The molecule has 1 fully saturated rings. The average Bonchev–Trinajstić information content (AvgIpc) is 3.01. The van der Waals surface area contributed by atoms with Gasteiger partial charge in [0.05, 0.1) is 12.2 Å². The minimum absolute atomic E-state index is 0.104. The van der Waals surface area contributed by atoms with Crippen molar-refractivity contribution in [2.45, 2.75) is 32.7 Å². The molecule has 26 heavy (non-hydrogen) atoms. The number of carbonyl (C=O) groups excluding carboxylic acids is 2. The molecular formula is C19H23N5O2. The molecule has 0 bridgehead atoms. The number of unbranched alkanes of at least 4 members (excludes halogenated alkanes) is 1. The summed E-state index contributed by atoms with van der Waals surface area (Å²) >= 11 is 0. The van der Waals surface area contributed by atoms with Crippen molar-refractivity contribution in [1.29, 1.82) is 0 Å². The number of nitrogens with one attached hydrogen (secondary N) is 1. The van der Waals surface area contributed by atoms with Gasteiger partial charge in [0.1, 0.15) is 6.33 Å². The van der Waals surface area contributed by atoms with Crippen LogP contribution in [0.2, 0.25) is 0 Å². The highest BCUT2D eigenvalue weighted by molar-refractivity contribution is 5.82. The summed E-state index contributed by atoms with van der Waals surface area (Å²) in [6, 6.07) is 9.64. The van der Waals surface area contributed by atoms with Gasteiger partial charge in [-0.1, -0.05) is 31.5 Å². The van der Waals surface area contributed by atoms with Gasteiger partial charge in [0.15, 0.2) is 0 Å². The second kappa shape index (κ2) is 8.42. The van der Waals surface area contributed by atoms with Crippen LogP contribution < -0.4 is 5.43 Å². The highest BCUT2D eigenvalue weighted by atomic mass is 16.2. The molecule has 1 N–H and O–H groups in total. The first-order valence-corrected chi connectivity index (χ1v) is 8.88. The van der Waals surface area contributed by atoms with Crippen LogP contribution in [0.3, 0.4) is 0 Å². The first-order chi connectivity index (χ1) is 12.7. The third-order valence-corrected chi connectivity index (χ3v) is 4.29.